The van der Waals surface area contributed by atoms with Gasteiger partial charge in [-0.2, -0.15) is 0 Å². The number of carbonyl (C=O) groups is 1. The van der Waals surface area contributed by atoms with Gasteiger partial charge >= 0.3 is 0 Å². The first-order valence-corrected chi connectivity index (χ1v) is 6.79. The topological polar surface area (TPSA) is 41.1 Å². The van der Waals surface area contributed by atoms with Gasteiger partial charge in [-0.05, 0) is 29.3 Å². The molecule has 0 unspecified atom stereocenters. The summed E-state index contributed by atoms with van der Waals surface area (Å²) in [6.07, 6.45) is 2.13. The fourth-order valence-corrected chi connectivity index (χ4v) is 1.95. The van der Waals surface area contributed by atoms with E-state index in [1.165, 1.54) is 10.8 Å². The van der Waals surface area contributed by atoms with Gasteiger partial charge in [0, 0.05) is 12.2 Å². The minimum Gasteiger partial charge on any atom is -0.376 e. The summed E-state index contributed by atoms with van der Waals surface area (Å²) in [5.74, 6) is 0.0432. The van der Waals surface area contributed by atoms with E-state index < -0.39 is 0 Å². The van der Waals surface area contributed by atoms with Crippen LogP contribution in [0.3, 0.4) is 0 Å². The number of hydrogen-bond acceptors (Lipinski definition) is 2. The lowest BCUT2D eigenvalue weighted by Crippen LogP contribution is -2.30. The molecule has 3 heteroatoms. The SMILES string of the molecule is CCCCNC(=O)CNc1ccc2ccccc2c1. The Morgan fingerprint density at radius 1 is 1.11 bits per heavy atom. The first kappa shape index (κ1) is 13.4. The van der Waals surface area contributed by atoms with Crippen molar-refractivity contribution in [3.05, 3.63) is 42.5 Å². The zero-order chi connectivity index (χ0) is 13.5. The molecule has 0 fully saturated rings. The van der Waals surface area contributed by atoms with E-state index >= 15 is 0 Å². The number of carbonyl (C=O) groups excluding carboxylic acids is 1. The lowest BCUT2D eigenvalue weighted by Gasteiger charge is -2.08. The number of unbranched alkanes of at least 4 members (excludes halogenated alkanes) is 1. The minimum absolute atomic E-state index is 0.0432. The van der Waals surface area contributed by atoms with Crippen molar-refractivity contribution >= 4 is 22.4 Å². The van der Waals surface area contributed by atoms with Crippen LogP contribution < -0.4 is 10.6 Å². The van der Waals surface area contributed by atoms with Crippen LogP contribution in [-0.4, -0.2) is 19.0 Å². The Balaban J connectivity index is 1.89. The van der Waals surface area contributed by atoms with Crippen LogP contribution in [0.5, 0.6) is 0 Å². The van der Waals surface area contributed by atoms with E-state index in [2.05, 4.69) is 41.8 Å². The molecular weight excluding hydrogens is 236 g/mol. The maximum Gasteiger partial charge on any atom is 0.239 e. The monoisotopic (exact) mass is 256 g/mol. The molecule has 0 aliphatic rings. The Bertz CT molecular complexity index is 551. The highest BCUT2D eigenvalue weighted by molar-refractivity contribution is 5.87. The molecule has 2 rings (SSSR count). The maximum absolute atomic E-state index is 11.6. The van der Waals surface area contributed by atoms with E-state index in [9.17, 15) is 4.79 Å². The molecule has 0 aromatic heterocycles. The third-order valence-electron chi connectivity index (χ3n) is 3.06. The van der Waals surface area contributed by atoms with Crippen LogP contribution in [-0.2, 0) is 4.79 Å². The summed E-state index contributed by atoms with van der Waals surface area (Å²) in [5, 5.41) is 8.43. The van der Waals surface area contributed by atoms with E-state index in [1.54, 1.807) is 0 Å². The molecule has 0 aliphatic carbocycles. The molecule has 0 saturated heterocycles. The van der Waals surface area contributed by atoms with Gasteiger partial charge in [-0.25, -0.2) is 0 Å². The molecule has 0 spiro atoms. The van der Waals surface area contributed by atoms with Gasteiger partial charge in [0.25, 0.3) is 0 Å². The lowest BCUT2D eigenvalue weighted by atomic mass is 10.1. The van der Waals surface area contributed by atoms with E-state index in [1.807, 2.05) is 18.2 Å². The Kier molecular flexibility index (Phi) is 4.78. The number of amides is 1. The van der Waals surface area contributed by atoms with Gasteiger partial charge in [0.05, 0.1) is 6.54 Å². The summed E-state index contributed by atoms with van der Waals surface area (Å²) >= 11 is 0. The van der Waals surface area contributed by atoms with Crippen molar-refractivity contribution in [1.82, 2.24) is 5.32 Å². The van der Waals surface area contributed by atoms with Crippen LogP contribution in [0.2, 0.25) is 0 Å². The number of rotatable bonds is 6. The molecule has 2 aromatic rings. The van der Waals surface area contributed by atoms with Crippen molar-refractivity contribution in [2.75, 3.05) is 18.4 Å². The third-order valence-corrected chi connectivity index (χ3v) is 3.06. The fraction of sp³-hybridized carbons (Fsp3) is 0.312. The average Bonchev–Trinajstić information content (AvgIpc) is 2.45. The van der Waals surface area contributed by atoms with Crippen molar-refractivity contribution in [3.8, 4) is 0 Å². The molecule has 0 bridgehead atoms. The molecule has 0 heterocycles. The van der Waals surface area contributed by atoms with Gasteiger partial charge in [-0.1, -0.05) is 43.7 Å². The highest BCUT2D eigenvalue weighted by Crippen LogP contribution is 2.18. The van der Waals surface area contributed by atoms with Gasteiger partial charge in [-0.15, -0.1) is 0 Å². The maximum atomic E-state index is 11.6. The molecule has 0 radical (unpaired) electrons. The van der Waals surface area contributed by atoms with Gasteiger partial charge in [-0.3, -0.25) is 4.79 Å². The molecule has 0 saturated carbocycles. The van der Waals surface area contributed by atoms with Crippen LogP contribution in [0.25, 0.3) is 10.8 Å². The molecule has 3 nitrogen and oxygen atoms in total. The second-order valence-electron chi connectivity index (χ2n) is 4.62. The van der Waals surface area contributed by atoms with Crippen molar-refractivity contribution in [1.29, 1.82) is 0 Å². The third kappa shape index (κ3) is 3.98. The molecule has 0 atom stereocenters. The van der Waals surface area contributed by atoms with Crippen molar-refractivity contribution < 1.29 is 4.79 Å². The molecule has 100 valence electrons. The normalized spacial score (nSPS) is 10.4. The summed E-state index contributed by atoms with van der Waals surface area (Å²) in [5.41, 5.74) is 0.976. The number of benzene rings is 2. The van der Waals surface area contributed by atoms with Gasteiger partial charge in [0.15, 0.2) is 0 Å². The predicted octanol–water partition coefficient (Wildman–Crippen LogP) is 3.17. The fourth-order valence-electron chi connectivity index (χ4n) is 1.95. The number of anilines is 1. The number of fused-ring (bicyclic) bond motifs is 1. The predicted molar refractivity (Wildman–Crippen MR) is 80.4 cm³/mol. The van der Waals surface area contributed by atoms with Crippen LogP contribution in [0.1, 0.15) is 19.8 Å². The Morgan fingerprint density at radius 3 is 2.68 bits per heavy atom. The standard InChI is InChI=1S/C16H20N2O/c1-2-3-10-17-16(19)12-18-15-9-8-13-6-4-5-7-14(13)11-15/h4-9,11,18H,2-3,10,12H2,1H3,(H,17,19). The van der Waals surface area contributed by atoms with E-state index in [-0.39, 0.29) is 5.91 Å². The van der Waals surface area contributed by atoms with Gasteiger partial charge < -0.3 is 10.6 Å². The van der Waals surface area contributed by atoms with Crippen LogP contribution in [0.4, 0.5) is 5.69 Å². The lowest BCUT2D eigenvalue weighted by molar-refractivity contribution is -0.119. The average molecular weight is 256 g/mol. The summed E-state index contributed by atoms with van der Waals surface area (Å²) in [6, 6.07) is 14.3. The molecule has 0 aliphatic heterocycles. The van der Waals surface area contributed by atoms with Crippen LogP contribution in [0.15, 0.2) is 42.5 Å². The number of nitrogens with one attached hydrogen (secondary N) is 2. The smallest absolute Gasteiger partial charge is 0.239 e. The summed E-state index contributed by atoms with van der Waals surface area (Å²) in [4.78, 5) is 11.6. The molecule has 1 amide bonds. The zero-order valence-electron chi connectivity index (χ0n) is 11.3. The van der Waals surface area contributed by atoms with Crippen LogP contribution >= 0.6 is 0 Å². The second-order valence-corrected chi connectivity index (χ2v) is 4.62. The second kappa shape index (κ2) is 6.78. The van der Waals surface area contributed by atoms with Crippen molar-refractivity contribution in [2.24, 2.45) is 0 Å². The Hall–Kier alpha value is -2.03. The Morgan fingerprint density at radius 2 is 1.89 bits per heavy atom. The molecule has 2 aromatic carbocycles. The summed E-state index contributed by atoms with van der Waals surface area (Å²) < 4.78 is 0. The molecule has 2 N–H and O–H groups in total. The molecular formula is C16H20N2O. The van der Waals surface area contributed by atoms with E-state index in [4.69, 9.17) is 0 Å². The van der Waals surface area contributed by atoms with Crippen molar-refractivity contribution in [3.63, 3.8) is 0 Å². The number of hydrogen-bond donors (Lipinski definition) is 2. The highest BCUT2D eigenvalue weighted by atomic mass is 16.1. The van der Waals surface area contributed by atoms with Crippen LogP contribution in [0, 0.1) is 0 Å². The van der Waals surface area contributed by atoms with Crippen molar-refractivity contribution in [2.45, 2.75) is 19.8 Å². The summed E-state index contributed by atoms with van der Waals surface area (Å²) in [6.45, 7) is 3.19. The first-order valence-electron chi connectivity index (χ1n) is 6.79. The van der Waals surface area contributed by atoms with Gasteiger partial charge in [0.1, 0.15) is 0 Å². The largest absolute Gasteiger partial charge is 0.376 e. The van der Waals surface area contributed by atoms with E-state index in [0.717, 1.165) is 25.1 Å². The van der Waals surface area contributed by atoms with E-state index in [0.29, 0.717) is 6.54 Å². The summed E-state index contributed by atoms with van der Waals surface area (Å²) in [7, 11) is 0. The highest BCUT2D eigenvalue weighted by Gasteiger charge is 2.00. The quantitative estimate of drug-likeness (QED) is 0.779. The Labute approximate surface area is 114 Å². The minimum atomic E-state index is 0.0432. The van der Waals surface area contributed by atoms with Gasteiger partial charge in [0.2, 0.25) is 5.91 Å². The zero-order valence-corrected chi connectivity index (χ0v) is 11.3. The molecule has 19 heavy (non-hydrogen) atoms. The first-order chi connectivity index (χ1) is 9.29.